The Morgan fingerprint density at radius 1 is 1.15 bits per heavy atom. The number of hydrogen-bond donors (Lipinski definition) is 2. The summed E-state index contributed by atoms with van der Waals surface area (Å²) in [4.78, 5) is 24.0. The standard InChI is InChI=1S/C20H21NO5/c1-20(12-22,18(23)25-2)21-19(24)26-11-17-15-9-5-3-7-13(15)14-8-4-6-10-16(14)17/h3-10,17,22H,11-12H2,1-2H3,(H,21,24)/t20-/m0/s1/i11D/t11?,20-. The Morgan fingerprint density at radius 2 is 1.69 bits per heavy atom. The fourth-order valence-electron chi connectivity index (χ4n) is 3.11. The number of aliphatic hydroxyl groups excluding tert-OH is 1. The van der Waals surface area contributed by atoms with Crippen molar-refractivity contribution < 1.29 is 25.5 Å². The van der Waals surface area contributed by atoms with E-state index in [0.717, 1.165) is 29.4 Å². The van der Waals surface area contributed by atoms with Gasteiger partial charge >= 0.3 is 12.1 Å². The zero-order valence-electron chi connectivity index (χ0n) is 15.6. The van der Waals surface area contributed by atoms with E-state index in [9.17, 15) is 14.7 Å². The van der Waals surface area contributed by atoms with E-state index in [1.165, 1.54) is 6.92 Å². The van der Waals surface area contributed by atoms with E-state index in [2.05, 4.69) is 10.1 Å². The minimum absolute atomic E-state index is 0.443. The Morgan fingerprint density at radius 3 is 2.19 bits per heavy atom. The number of benzene rings is 2. The second kappa shape index (κ2) is 7.17. The summed E-state index contributed by atoms with van der Waals surface area (Å²) in [6, 6.07) is 15.4. The lowest BCUT2D eigenvalue weighted by molar-refractivity contribution is -0.149. The molecule has 1 aliphatic rings. The number of carbonyl (C=O) groups excluding carboxylic acids is 2. The van der Waals surface area contributed by atoms with Gasteiger partial charge in [0.15, 0.2) is 5.54 Å². The topological polar surface area (TPSA) is 84.9 Å². The molecule has 0 saturated carbocycles. The number of fused-ring (bicyclic) bond motifs is 3. The number of rotatable bonds is 5. The average Bonchev–Trinajstić information content (AvgIpc) is 3.01. The highest BCUT2D eigenvalue weighted by molar-refractivity contribution is 5.85. The third-order valence-electron chi connectivity index (χ3n) is 4.52. The van der Waals surface area contributed by atoms with E-state index in [1.807, 2.05) is 48.5 Å². The molecule has 2 N–H and O–H groups in total. The minimum Gasteiger partial charge on any atom is -0.467 e. The molecule has 6 nitrogen and oxygen atoms in total. The summed E-state index contributed by atoms with van der Waals surface area (Å²) < 4.78 is 18.2. The van der Waals surface area contributed by atoms with Crippen LogP contribution in [0.5, 0.6) is 0 Å². The van der Waals surface area contributed by atoms with Gasteiger partial charge in [0, 0.05) is 5.92 Å². The van der Waals surface area contributed by atoms with Gasteiger partial charge in [-0.25, -0.2) is 9.59 Å². The molecule has 3 rings (SSSR count). The Balaban J connectivity index is 1.81. The molecule has 2 aromatic rings. The maximum absolute atomic E-state index is 12.3. The molecule has 0 bridgehead atoms. The van der Waals surface area contributed by atoms with Gasteiger partial charge in [0.05, 0.1) is 15.1 Å². The molecule has 136 valence electrons. The van der Waals surface area contributed by atoms with Crippen LogP contribution in [0.3, 0.4) is 0 Å². The van der Waals surface area contributed by atoms with Gasteiger partial charge in [-0.05, 0) is 29.2 Å². The molecule has 1 aliphatic carbocycles. The number of nitrogens with one attached hydrogen (secondary N) is 1. The van der Waals surface area contributed by atoms with Crippen LogP contribution in [0.2, 0.25) is 0 Å². The van der Waals surface area contributed by atoms with Crippen LogP contribution in [0.1, 0.15) is 25.3 Å². The van der Waals surface area contributed by atoms with E-state index in [-0.39, 0.29) is 0 Å². The van der Waals surface area contributed by atoms with Crippen LogP contribution in [0, 0.1) is 0 Å². The molecule has 0 fully saturated rings. The number of hydrogen-bond acceptors (Lipinski definition) is 5. The van der Waals surface area contributed by atoms with Crippen LogP contribution >= 0.6 is 0 Å². The van der Waals surface area contributed by atoms with Gasteiger partial charge in [-0.2, -0.15) is 0 Å². The maximum atomic E-state index is 12.3. The molecule has 2 atom stereocenters. The van der Waals surface area contributed by atoms with E-state index in [1.54, 1.807) is 0 Å². The largest absolute Gasteiger partial charge is 0.467 e. The van der Waals surface area contributed by atoms with Crippen molar-refractivity contribution in [2.75, 3.05) is 20.3 Å². The fourth-order valence-corrected chi connectivity index (χ4v) is 3.11. The molecule has 1 unspecified atom stereocenters. The first-order chi connectivity index (χ1) is 12.9. The summed E-state index contributed by atoms with van der Waals surface area (Å²) in [6.07, 6.45) is -0.973. The third kappa shape index (κ3) is 3.15. The number of esters is 1. The smallest absolute Gasteiger partial charge is 0.408 e. The van der Waals surface area contributed by atoms with Gasteiger partial charge in [0.25, 0.3) is 0 Å². The first-order valence-corrected chi connectivity index (χ1v) is 8.20. The van der Waals surface area contributed by atoms with Crippen LogP contribution in [0.15, 0.2) is 48.5 Å². The molecular weight excluding hydrogens is 334 g/mol. The molecule has 0 radical (unpaired) electrons. The molecule has 2 aromatic carbocycles. The lowest BCUT2D eigenvalue weighted by atomic mass is 9.98. The lowest BCUT2D eigenvalue weighted by Gasteiger charge is -2.25. The number of alkyl carbamates (subject to hydrolysis) is 1. The number of aliphatic hydroxyl groups is 1. The van der Waals surface area contributed by atoms with E-state index in [4.69, 9.17) is 6.11 Å². The average molecular weight is 356 g/mol. The summed E-state index contributed by atoms with van der Waals surface area (Å²) >= 11 is 0. The quantitative estimate of drug-likeness (QED) is 0.804. The predicted octanol–water partition coefficient (Wildman–Crippen LogP) is 2.45. The number of ether oxygens (including phenoxy) is 2. The highest BCUT2D eigenvalue weighted by Crippen LogP contribution is 2.44. The predicted molar refractivity (Wildman–Crippen MR) is 95.7 cm³/mol. The van der Waals surface area contributed by atoms with E-state index < -0.39 is 36.7 Å². The molecule has 26 heavy (non-hydrogen) atoms. The summed E-state index contributed by atoms with van der Waals surface area (Å²) in [7, 11) is 1.16. The van der Waals surface area contributed by atoms with Crippen molar-refractivity contribution in [3.63, 3.8) is 0 Å². The number of carbonyl (C=O) groups is 2. The Kier molecular flexibility index (Phi) is 4.58. The van der Waals surface area contributed by atoms with Crippen molar-refractivity contribution in [3.8, 4) is 11.1 Å². The van der Waals surface area contributed by atoms with Gasteiger partial charge in [-0.3, -0.25) is 0 Å². The Bertz CT molecular complexity index is 825. The lowest BCUT2D eigenvalue weighted by Crippen LogP contribution is -2.55. The molecule has 1 amide bonds. The molecule has 0 aromatic heterocycles. The van der Waals surface area contributed by atoms with Gasteiger partial charge in [-0.15, -0.1) is 0 Å². The van der Waals surface area contributed by atoms with Crippen LogP contribution in [0.25, 0.3) is 11.1 Å². The number of methoxy groups -OCH3 is 1. The Hall–Kier alpha value is -2.86. The fraction of sp³-hybridized carbons (Fsp3) is 0.300. The Labute approximate surface area is 153 Å². The minimum atomic E-state index is -1.64. The van der Waals surface area contributed by atoms with E-state index in [0.29, 0.717) is 0 Å². The van der Waals surface area contributed by atoms with E-state index >= 15 is 0 Å². The normalized spacial score (nSPS) is 16.5. The van der Waals surface area contributed by atoms with Gasteiger partial charge < -0.3 is 19.9 Å². The van der Waals surface area contributed by atoms with Crippen molar-refractivity contribution in [1.82, 2.24) is 5.32 Å². The highest BCUT2D eigenvalue weighted by atomic mass is 16.6. The molecule has 0 saturated heterocycles. The summed E-state index contributed by atoms with van der Waals surface area (Å²) in [5.41, 5.74) is 2.19. The van der Waals surface area contributed by atoms with Crippen molar-refractivity contribution in [2.24, 2.45) is 0 Å². The van der Waals surface area contributed by atoms with Crippen molar-refractivity contribution in [1.29, 1.82) is 0 Å². The van der Waals surface area contributed by atoms with Crippen LogP contribution < -0.4 is 5.32 Å². The van der Waals surface area contributed by atoms with Gasteiger partial charge in [0.1, 0.15) is 6.58 Å². The molecule has 0 aliphatic heterocycles. The first-order valence-electron chi connectivity index (χ1n) is 8.77. The SMILES string of the molecule is [2H]C(OC(=O)N[C@@](C)(CO)C(=O)OC)C1c2ccccc2-c2ccccc21. The van der Waals surface area contributed by atoms with Crippen LogP contribution in [-0.4, -0.2) is 43.0 Å². The maximum Gasteiger partial charge on any atom is 0.408 e. The molecule has 6 heteroatoms. The van der Waals surface area contributed by atoms with Gasteiger partial charge in [-0.1, -0.05) is 48.5 Å². The van der Waals surface area contributed by atoms with Crippen LogP contribution in [-0.2, 0) is 14.3 Å². The monoisotopic (exact) mass is 356 g/mol. The third-order valence-corrected chi connectivity index (χ3v) is 4.52. The molecular formula is C20H21NO5. The van der Waals surface area contributed by atoms with Crippen LogP contribution in [0.4, 0.5) is 4.79 Å². The second-order valence-electron chi connectivity index (χ2n) is 6.30. The molecule has 0 spiro atoms. The zero-order valence-corrected chi connectivity index (χ0v) is 14.6. The van der Waals surface area contributed by atoms with Crippen molar-refractivity contribution >= 4 is 12.1 Å². The van der Waals surface area contributed by atoms with Crippen molar-refractivity contribution in [2.45, 2.75) is 18.4 Å². The molecule has 0 heterocycles. The first kappa shape index (κ1) is 16.6. The summed E-state index contributed by atoms with van der Waals surface area (Å²) in [6.45, 7) is -0.568. The zero-order chi connectivity index (χ0) is 19.6. The highest BCUT2D eigenvalue weighted by Gasteiger charge is 2.37. The van der Waals surface area contributed by atoms with Crippen molar-refractivity contribution in [3.05, 3.63) is 59.7 Å². The summed E-state index contributed by atoms with van der Waals surface area (Å²) in [5, 5.41) is 11.7. The summed E-state index contributed by atoms with van der Waals surface area (Å²) in [5.74, 6) is -1.25. The second-order valence-corrected chi connectivity index (χ2v) is 6.30. The number of amides is 1. The van der Waals surface area contributed by atoms with Gasteiger partial charge in [0.2, 0.25) is 0 Å².